The molecule has 0 aliphatic carbocycles. The fourth-order valence-corrected chi connectivity index (χ4v) is 3.68. The zero-order chi connectivity index (χ0) is 20.6. The summed E-state index contributed by atoms with van der Waals surface area (Å²) in [6.07, 6.45) is 5.28. The van der Waals surface area contributed by atoms with Crippen molar-refractivity contribution in [1.82, 2.24) is 14.4 Å². The fourth-order valence-electron chi connectivity index (χ4n) is 3.16. The first-order valence-corrected chi connectivity index (χ1v) is 10.4. The molecule has 2 aromatic heterocycles. The van der Waals surface area contributed by atoms with Crippen molar-refractivity contribution in [2.75, 3.05) is 5.32 Å². The van der Waals surface area contributed by atoms with Crippen LogP contribution in [-0.4, -0.2) is 27.9 Å². The first-order chi connectivity index (χ1) is 13.8. The van der Waals surface area contributed by atoms with Crippen LogP contribution >= 0.6 is 0 Å². The lowest BCUT2D eigenvalue weighted by Gasteiger charge is -2.09. The van der Waals surface area contributed by atoms with Gasteiger partial charge in [-0.3, -0.25) is 4.40 Å². The summed E-state index contributed by atoms with van der Waals surface area (Å²) < 4.78 is 24.6. The van der Waals surface area contributed by atoms with Gasteiger partial charge in [0.2, 0.25) is 10.0 Å². The molecule has 4 N–H and O–H groups in total. The van der Waals surface area contributed by atoms with Gasteiger partial charge in [-0.2, -0.15) is 0 Å². The lowest BCUT2D eigenvalue weighted by molar-refractivity contribution is 0.475. The number of nitrogens with zero attached hydrogens (tertiary/aromatic N) is 3. The lowest BCUT2D eigenvalue weighted by Crippen LogP contribution is -2.12. The van der Waals surface area contributed by atoms with Gasteiger partial charge in [-0.25, -0.2) is 23.5 Å². The molecule has 0 aliphatic rings. The summed E-state index contributed by atoms with van der Waals surface area (Å²) >= 11 is 0. The number of aryl methyl sites for hydroxylation is 1. The number of rotatable bonds is 5. The van der Waals surface area contributed by atoms with Crippen molar-refractivity contribution >= 4 is 21.5 Å². The predicted octanol–water partition coefficient (Wildman–Crippen LogP) is 2.67. The summed E-state index contributed by atoms with van der Waals surface area (Å²) in [5.41, 5.74) is 4.33. The first kappa shape index (κ1) is 18.9. The van der Waals surface area contributed by atoms with Crippen LogP contribution in [0.3, 0.4) is 0 Å². The molecule has 0 bridgehead atoms. The molecule has 4 rings (SSSR count). The number of fused-ring (bicyclic) bond motifs is 1. The summed E-state index contributed by atoms with van der Waals surface area (Å²) in [6, 6.07) is 11.6. The molecule has 0 aliphatic heterocycles. The van der Waals surface area contributed by atoms with E-state index in [0.717, 1.165) is 22.4 Å². The van der Waals surface area contributed by atoms with E-state index >= 15 is 0 Å². The summed E-state index contributed by atoms with van der Waals surface area (Å²) in [4.78, 5) is 8.94. The van der Waals surface area contributed by atoms with Gasteiger partial charge in [0, 0.05) is 24.5 Å². The zero-order valence-electron chi connectivity index (χ0n) is 15.6. The van der Waals surface area contributed by atoms with Crippen LogP contribution in [0.2, 0.25) is 0 Å². The van der Waals surface area contributed by atoms with Crippen molar-refractivity contribution < 1.29 is 13.5 Å². The molecular formula is C20H19N5O3S. The van der Waals surface area contributed by atoms with Gasteiger partial charge in [0.1, 0.15) is 5.75 Å². The number of nitrogens with two attached hydrogens (primary N) is 1. The van der Waals surface area contributed by atoms with Gasteiger partial charge >= 0.3 is 0 Å². The smallest absolute Gasteiger partial charge is 0.238 e. The molecule has 4 aromatic rings. The van der Waals surface area contributed by atoms with E-state index < -0.39 is 10.0 Å². The Balaban J connectivity index is 1.61. The van der Waals surface area contributed by atoms with E-state index in [9.17, 15) is 13.5 Å². The van der Waals surface area contributed by atoms with Crippen molar-refractivity contribution in [3.8, 4) is 17.0 Å². The highest BCUT2D eigenvalue weighted by molar-refractivity contribution is 7.89. The Bertz CT molecular complexity index is 1300. The minimum atomic E-state index is -3.71. The van der Waals surface area contributed by atoms with E-state index in [-0.39, 0.29) is 10.6 Å². The molecule has 29 heavy (non-hydrogen) atoms. The third-order valence-corrected chi connectivity index (χ3v) is 5.56. The number of aromatic hydroxyl groups is 1. The molecule has 2 heterocycles. The van der Waals surface area contributed by atoms with Crippen LogP contribution in [0.4, 0.5) is 5.82 Å². The number of benzene rings is 2. The molecule has 8 nitrogen and oxygen atoms in total. The minimum absolute atomic E-state index is 0.0728. The number of anilines is 1. The molecule has 0 radical (unpaired) electrons. The van der Waals surface area contributed by atoms with Crippen molar-refractivity contribution in [3.63, 3.8) is 0 Å². The van der Waals surface area contributed by atoms with Crippen LogP contribution in [0.1, 0.15) is 11.1 Å². The molecular weight excluding hydrogens is 390 g/mol. The fraction of sp³-hybridized carbons (Fsp3) is 0.100. The number of phenols is 1. The zero-order valence-corrected chi connectivity index (χ0v) is 16.4. The second-order valence-corrected chi connectivity index (χ2v) is 8.22. The Kier molecular flexibility index (Phi) is 4.69. The molecule has 9 heteroatoms. The van der Waals surface area contributed by atoms with Crippen LogP contribution in [-0.2, 0) is 16.6 Å². The van der Waals surface area contributed by atoms with Crippen LogP contribution in [0.25, 0.3) is 16.9 Å². The molecule has 0 atom stereocenters. The molecule has 0 saturated carbocycles. The van der Waals surface area contributed by atoms with Gasteiger partial charge in [-0.15, -0.1) is 0 Å². The van der Waals surface area contributed by atoms with E-state index in [1.165, 1.54) is 12.1 Å². The maximum Gasteiger partial charge on any atom is 0.238 e. The highest BCUT2D eigenvalue weighted by atomic mass is 32.2. The maximum absolute atomic E-state index is 11.4. The van der Waals surface area contributed by atoms with Crippen LogP contribution < -0.4 is 10.5 Å². The van der Waals surface area contributed by atoms with E-state index in [1.54, 1.807) is 36.7 Å². The van der Waals surface area contributed by atoms with Gasteiger partial charge in [0.25, 0.3) is 0 Å². The summed E-state index contributed by atoms with van der Waals surface area (Å²) in [5.74, 6) is 0.822. The van der Waals surface area contributed by atoms with Crippen molar-refractivity contribution in [2.45, 2.75) is 18.4 Å². The third kappa shape index (κ3) is 3.78. The van der Waals surface area contributed by atoms with Crippen LogP contribution in [0.15, 0.2) is 66.0 Å². The largest absolute Gasteiger partial charge is 0.508 e. The summed E-state index contributed by atoms with van der Waals surface area (Å²) in [7, 11) is -3.71. The second-order valence-electron chi connectivity index (χ2n) is 6.65. The van der Waals surface area contributed by atoms with E-state index in [1.807, 2.05) is 23.6 Å². The average molecular weight is 409 g/mol. The predicted molar refractivity (Wildman–Crippen MR) is 110 cm³/mol. The number of sulfonamides is 1. The average Bonchev–Trinajstić information content (AvgIpc) is 3.10. The minimum Gasteiger partial charge on any atom is -0.508 e. The number of phenolic OH excluding ortho intramolecular Hbond substituents is 1. The summed E-state index contributed by atoms with van der Waals surface area (Å²) in [6.45, 7) is 2.37. The van der Waals surface area contributed by atoms with Crippen molar-refractivity contribution in [3.05, 3.63) is 72.2 Å². The van der Waals surface area contributed by atoms with Gasteiger partial charge in [0.15, 0.2) is 11.5 Å². The normalized spacial score (nSPS) is 11.7. The maximum atomic E-state index is 11.4. The Labute approximate surface area is 167 Å². The van der Waals surface area contributed by atoms with Crippen molar-refractivity contribution in [1.29, 1.82) is 0 Å². The van der Waals surface area contributed by atoms with Crippen LogP contribution in [0.5, 0.6) is 5.75 Å². The Hall–Kier alpha value is -3.43. The van der Waals surface area contributed by atoms with Gasteiger partial charge < -0.3 is 10.4 Å². The molecule has 0 unspecified atom stereocenters. The molecule has 0 saturated heterocycles. The topological polar surface area (TPSA) is 123 Å². The molecule has 2 aromatic carbocycles. The number of nitrogens with one attached hydrogen (secondary N) is 1. The molecule has 0 fully saturated rings. The summed E-state index contributed by atoms with van der Waals surface area (Å²) in [5, 5.41) is 18.0. The van der Waals surface area contributed by atoms with E-state index in [2.05, 4.69) is 15.3 Å². The number of imidazole rings is 1. The quantitative estimate of drug-likeness (QED) is 0.466. The molecule has 0 spiro atoms. The number of aromatic nitrogens is 3. The molecule has 0 amide bonds. The van der Waals surface area contributed by atoms with E-state index in [4.69, 9.17) is 5.14 Å². The van der Waals surface area contributed by atoms with Gasteiger partial charge in [-0.05, 0) is 48.4 Å². The highest BCUT2D eigenvalue weighted by Crippen LogP contribution is 2.28. The van der Waals surface area contributed by atoms with Gasteiger partial charge in [0.05, 0.1) is 16.8 Å². The Morgan fingerprint density at radius 1 is 1.14 bits per heavy atom. The Morgan fingerprint density at radius 2 is 1.90 bits per heavy atom. The third-order valence-electron chi connectivity index (χ3n) is 4.63. The SMILES string of the molecule is Cc1cc(O)ccc1-c1cnc2c(NCc3ccc(S(N)(=O)=O)cc3)nccn12. The number of hydrogen-bond acceptors (Lipinski definition) is 6. The second kappa shape index (κ2) is 7.19. The number of hydrogen-bond donors (Lipinski definition) is 3. The molecule has 148 valence electrons. The monoisotopic (exact) mass is 409 g/mol. The van der Waals surface area contributed by atoms with Crippen LogP contribution in [0, 0.1) is 6.92 Å². The first-order valence-electron chi connectivity index (χ1n) is 8.80. The van der Waals surface area contributed by atoms with Crippen molar-refractivity contribution in [2.24, 2.45) is 5.14 Å². The number of primary sulfonamides is 1. The standard InChI is InChI=1S/C20H19N5O3S/c1-13-10-15(26)4-7-17(13)18-12-24-20-19(22-8-9-25(18)20)23-11-14-2-5-16(6-3-14)29(21,27)28/h2-10,12,26H,11H2,1H3,(H,22,23)(H2,21,27,28). The van der Waals surface area contributed by atoms with Gasteiger partial charge in [-0.1, -0.05) is 12.1 Å². The van der Waals surface area contributed by atoms with E-state index in [0.29, 0.717) is 18.0 Å². The lowest BCUT2D eigenvalue weighted by atomic mass is 10.1. The Morgan fingerprint density at radius 3 is 2.59 bits per heavy atom. The highest BCUT2D eigenvalue weighted by Gasteiger charge is 2.12.